The maximum Gasteiger partial charge on any atom is 0.156 e. The molecule has 0 saturated carbocycles. The smallest absolute Gasteiger partial charge is 0.156 e. The molecule has 1 aliphatic heterocycles. The molecular weight excluding hydrogens is 460 g/mol. The quantitative estimate of drug-likeness (QED) is 0.342. The van der Waals surface area contributed by atoms with Crippen molar-refractivity contribution < 1.29 is 9.47 Å². The molecule has 0 bridgehead atoms. The van der Waals surface area contributed by atoms with E-state index >= 15 is 0 Å². The first-order valence-corrected chi connectivity index (χ1v) is 12.2. The Hall–Kier alpha value is -3.35. The van der Waals surface area contributed by atoms with Crippen LogP contribution in [0.5, 0.6) is 11.5 Å². The van der Waals surface area contributed by atoms with Crippen LogP contribution in [0, 0.1) is 0 Å². The maximum atomic E-state index is 6.02. The van der Waals surface area contributed by atoms with Gasteiger partial charge in [-0.3, -0.25) is 4.90 Å². The van der Waals surface area contributed by atoms with Gasteiger partial charge in [-0.25, -0.2) is 0 Å². The first kappa shape index (κ1) is 23.4. The van der Waals surface area contributed by atoms with Gasteiger partial charge in [-0.05, 0) is 73.0 Å². The Morgan fingerprint density at radius 2 is 1.54 bits per heavy atom. The Morgan fingerprint density at radius 1 is 0.857 bits per heavy atom. The first-order chi connectivity index (χ1) is 17.1. The summed E-state index contributed by atoms with van der Waals surface area (Å²) in [6, 6.07) is 22.4. The van der Waals surface area contributed by atoms with Crippen LogP contribution in [0.1, 0.15) is 18.4 Å². The summed E-state index contributed by atoms with van der Waals surface area (Å²) in [4.78, 5) is 2.49. The highest BCUT2D eigenvalue weighted by Gasteiger charge is 2.21. The summed E-state index contributed by atoms with van der Waals surface area (Å²) in [5.41, 5.74) is 3.13. The van der Waals surface area contributed by atoms with Crippen LogP contribution in [-0.2, 0) is 6.54 Å². The molecule has 3 aromatic carbocycles. The Morgan fingerprint density at radius 3 is 2.23 bits per heavy atom. The second kappa shape index (κ2) is 10.5. The van der Waals surface area contributed by atoms with Gasteiger partial charge < -0.3 is 14.8 Å². The number of hydrogen-bond donors (Lipinski definition) is 1. The summed E-state index contributed by atoms with van der Waals surface area (Å²) in [6.45, 7) is 3.00. The molecule has 0 unspecified atom stereocenters. The fraction of sp³-hybridized carbons (Fsp3) is 0.286. The number of nitrogens with zero attached hydrogens (tertiary/aromatic N) is 3. The van der Waals surface area contributed by atoms with Crippen LogP contribution < -0.4 is 14.8 Å². The van der Waals surface area contributed by atoms with Gasteiger partial charge in [-0.15, -0.1) is 10.2 Å². The molecule has 1 saturated heterocycles. The highest BCUT2D eigenvalue weighted by Crippen LogP contribution is 2.34. The summed E-state index contributed by atoms with van der Waals surface area (Å²) < 4.78 is 10.8. The normalized spacial score (nSPS) is 14.7. The van der Waals surface area contributed by atoms with Crippen molar-refractivity contribution in [1.82, 2.24) is 15.1 Å². The van der Waals surface area contributed by atoms with E-state index in [1.165, 1.54) is 5.56 Å². The van der Waals surface area contributed by atoms with E-state index in [0.717, 1.165) is 76.8 Å². The number of benzene rings is 3. The summed E-state index contributed by atoms with van der Waals surface area (Å²) in [6.07, 6.45) is 2.09. The average Bonchev–Trinajstić information content (AvgIpc) is 2.91. The number of anilines is 1. The van der Waals surface area contributed by atoms with Gasteiger partial charge in [0, 0.05) is 47.0 Å². The minimum atomic E-state index is 0.340. The molecule has 1 fully saturated rings. The van der Waals surface area contributed by atoms with Gasteiger partial charge in [-0.1, -0.05) is 23.7 Å². The van der Waals surface area contributed by atoms with Crippen LogP contribution in [0.25, 0.3) is 22.0 Å². The minimum Gasteiger partial charge on any atom is -0.497 e. The Labute approximate surface area is 210 Å². The summed E-state index contributed by atoms with van der Waals surface area (Å²) in [5.74, 6) is 2.41. The molecule has 180 valence electrons. The van der Waals surface area contributed by atoms with Crippen LogP contribution in [0.2, 0.25) is 5.02 Å². The number of rotatable bonds is 7. The van der Waals surface area contributed by atoms with E-state index in [2.05, 4.69) is 38.6 Å². The zero-order valence-electron chi connectivity index (χ0n) is 20.0. The molecule has 0 aliphatic carbocycles. The lowest BCUT2D eigenvalue weighted by Crippen LogP contribution is -2.38. The highest BCUT2D eigenvalue weighted by molar-refractivity contribution is 6.30. The molecular formula is C28H29ClN4O2. The van der Waals surface area contributed by atoms with Crippen LogP contribution in [-0.4, -0.2) is 48.4 Å². The molecule has 1 aliphatic rings. The number of methoxy groups -OCH3 is 2. The molecule has 0 atom stereocenters. The fourth-order valence-corrected chi connectivity index (χ4v) is 4.73. The standard InChI is InChI=1S/C28H29ClN4O2/c1-34-23-9-5-20(6-10-23)27-25-12-11-24(35-2)17-26(25)28(32-31-27)30-22-13-15-33(16-14-22)18-19-3-7-21(29)8-4-19/h3-12,17,22H,13-16,18H2,1-2H3,(H,30,32). The third-order valence-corrected chi connectivity index (χ3v) is 6.85. The van der Waals surface area contributed by atoms with Crippen molar-refractivity contribution in [1.29, 1.82) is 0 Å². The Bertz CT molecular complexity index is 1290. The van der Waals surface area contributed by atoms with Gasteiger partial charge in [0.25, 0.3) is 0 Å². The number of ether oxygens (including phenoxy) is 2. The maximum absolute atomic E-state index is 6.02. The molecule has 6 nitrogen and oxygen atoms in total. The number of halogens is 1. The molecule has 0 spiro atoms. The van der Waals surface area contributed by atoms with Crippen molar-refractivity contribution in [3.8, 4) is 22.8 Å². The van der Waals surface area contributed by atoms with Crippen LogP contribution >= 0.6 is 11.6 Å². The van der Waals surface area contributed by atoms with Gasteiger partial charge in [-0.2, -0.15) is 0 Å². The van der Waals surface area contributed by atoms with E-state index in [4.69, 9.17) is 21.1 Å². The van der Waals surface area contributed by atoms with Gasteiger partial charge in [0.1, 0.15) is 17.2 Å². The van der Waals surface area contributed by atoms with E-state index in [0.29, 0.717) is 6.04 Å². The second-order valence-corrected chi connectivity index (χ2v) is 9.29. The predicted molar refractivity (Wildman–Crippen MR) is 141 cm³/mol. The SMILES string of the molecule is COc1ccc(-c2nnc(NC3CCN(Cc4ccc(Cl)cc4)CC3)c3cc(OC)ccc23)cc1. The molecule has 1 aromatic heterocycles. The summed E-state index contributed by atoms with van der Waals surface area (Å²) >= 11 is 6.02. The predicted octanol–water partition coefficient (Wildman–Crippen LogP) is 6.04. The molecule has 2 heterocycles. The van der Waals surface area contributed by atoms with E-state index < -0.39 is 0 Å². The molecule has 0 radical (unpaired) electrons. The second-order valence-electron chi connectivity index (χ2n) is 8.86. The van der Waals surface area contributed by atoms with Crippen molar-refractivity contribution >= 4 is 28.2 Å². The van der Waals surface area contributed by atoms with E-state index in [1.807, 2.05) is 48.5 Å². The van der Waals surface area contributed by atoms with Crippen molar-refractivity contribution in [2.45, 2.75) is 25.4 Å². The van der Waals surface area contributed by atoms with E-state index in [9.17, 15) is 0 Å². The van der Waals surface area contributed by atoms with Gasteiger partial charge >= 0.3 is 0 Å². The first-order valence-electron chi connectivity index (χ1n) is 11.8. The topological polar surface area (TPSA) is 59.5 Å². The third-order valence-electron chi connectivity index (χ3n) is 6.60. The van der Waals surface area contributed by atoms with Crippen molar-refractivity contribution in [2.75, 3.05) is 32.6 Å². The number of piperidine rings is 1. The molecule has 5 rings (SSSR count). The highest BCUT2D eigenvalue weighted by atomic mass is 35.5. The number of hydrogen-bond acceptors (Lipinski definition) is 6. The molecule has 0 amide bonds. The molecule has 7 heteroatoms. The number of aromatic nitrogens is 2. The van der Waals surface area contributed by atoms with E-state index in [-0.39, 0.29) is 0 Å². The Balaban J connectivity index is 1.34. The van der Waals surface area contributed by atoms with Gasteiger partial charge in [0.2, 0.25) is 0 Å². The summed E-state index contributed by atoms with van der Waals surface area (Å²) in [5, 5.41) is 15.7. The van der Waals surface area contributed by atoms with Crippen LogP contribution in [0.4, 0.5) is 5.82 Å². The Kier molecular flexibility index (Phi) is 7.02. The lowest BCUT2D eigenvalue weighted by Gasteiger charge is -2.32. The van der Waals surface area contributed by atoms with Crippen molar-refractivity contribution in [2.24, 2.45) is 0 Å². The number of nitrogens with one attached hydrogen (secondary N) is 1. The zero-order valence-corrected chi connectivity index (χ0v) is 20.8. The molecule has 4 aromatic rings. The summed E-state index contributed by atoms with van der Waals surface area (Å²) in [7, 11) is 3.35. The lowest BCUT2D eigenvalue weighted by atomic mass is 10.0. The molecule has 1 N–H and O–H groups in total. The third kappa shape index (κ3) is 5.34. The average molecular weight is 489 g/mol. The van der Waals surface area contributed by atoms with Gasteiger partial charge in [0.05, 0.1) is 14.2 Å². The van der Waals surface area contributed by atoms with Crippen molar-refractivity contribution in [3.05, 3.63) is 77.3 Å². The lowest BCUT2D eigenvalue weighted by molar-refractivity contribution is 0.211. The van der Waals surface area contributed by atoms with E-state index in [1.54, 1.807) is 14.2 Å². The van der Waals surface area contributed by atoms with Crippen LogP contribution in [0.15, 0.2) is 66.7 Å². The zero-order chi connectivity index (χ0) is 24.2. The number of fused-ring (bicyclic) bond motifs is 1. The fourth-order valence-electron chi connectivity index (χ4n) is 4.61. The minimum absolute atomic E-state index is 0.340. The molecule has 35 heavy (non-hydrogen) atoms. The van der Waals surface area contributed by atoms with Gasteiger partial charge in [0.15, 0.2) is 5.82 Å². The van der Waals surface area contributed by atoms with Crippen LogP contribution in [0.3, 0.4) is 0 Å². The van der Waals surface area contributed by atoms with Crippen molar-refractivity contribution in [3.63, 3.8) is 0 Å². The number of likely N-dealkylation sites (tertiary alicyclic amines) is 1. The largest absolute Gasteiger partial charge is 0.497 e. The monoisotopic (exact) mass is 488 g/mol.